The Morgan fingerprint density at radius 1 is 1.22 bits per heavy atom. The second-order valence-corrected chi connectivity index (χ2v) is 3.32. The highest BCUT2D eigenvalue weighted by molar-refractivity contribution is 5.71. The third kappa shape index (κ3) is 2.31. The van der Waals surface area contributed by atoms with Gasteiger partial charge in [-0.2, -0.15) is 18.2 Å². The van der Waals surface area contributed by atoms with Crippen molar-refractivity contribution in [3.8, 4) is 11.3 Å². The van der Waals surface area contributed by atoms with Gasteiger partial charge in [0.25, 0.3) is 0 Å². The average Bonchev–Trinajstić information content (AvgIpc) is 2.77. The van der Waals surface area contributed by atoms with Crippen LogP contribution in [0.15, 0.2) is 40.0 Å². The minimum Gasteiger partial charge on any atom is -0.354 e. The van der Waals surface area contributed by atoms with Crippen LogP contribution in [0, 0.1) is 0 Å². The van der Waals surface area contributed by atoms with E-state index in [2.05, 4.69) is 10.1 Å². The van der Waals surface area contributed by atoms with Crippen molar-refractivity contribution in [1.29, 1.82) is 0 Å². The molecule has 0 aliphatic carbocycles. The zero-order valence-electron chi connectivity index (χ0n) is 8.73. The molecule has 0 aliphatic heterocycles. The summed E-state index contributed by atoms with van der Waals surface area (Å²) in [6.07, 6.45) is -1.91. The molecule has 0 saturated carbocycles. The van der Waals surface area contributed by atoms with Gasteiger partial charge >= 0.3 is 6.18 Å². The number of carbonyl (C=O) groups excluding carboxylic acids is 1. The number of benzene rings is 1. The first-order valence-electron chi connectivity index (χ1n) is 4.72. The van der Waals surface area contributed by atoms with Gasteiger partial charge in [-0.1, -0.05) is 17.3 Å². The van der Waals surface area contributed by atoms with E-state index in [4.69, 9.17) is 4.52 Å². The van der Waals surface area contributed by atoms with Crippen molar-refractivity contribution in [2.75, 3.05) is 0 Å². The molecular weight excluding hydrogens is 249 g/mol. The van der Waals surface area contributed by atoms with Gasteiger partial charge in [-0.3, -0.25) is 0 Å². The summed E-state index contributed by atoms with van der Waals surface area (Å²) in [4.78, 5) is 13.5. The molecule has 2 rings (SSSR count). The van der Waals surface area contributed by atoms with E-state index in [1.807, 2.05) is 0 Å². The van der Waals surface area contributed by atoms with Gasteiger partial charge in [0.15, 0.2) is 5.76 Å². The molecule has 92 valence electrons. The monoisotopic (exact) mass is 254 g/mol. The van der Waals surface area contributed by atoms with E-state index in [1.165, 1.54) is 24.4 Å². The van der Waals surface area contributed by atoms with E-state index in [0.29, 0.717) is 5.56 Å². The van der Waals surface area contributed by atoms with Gasteiger partial charge in [-0.25, -0.2) is 4.79 Å². The molecule has 0 saturated heterocycles. The van der Waals surface area contributed by atoms with Gasteiger partial charge in [0.1, 0.15) is 5.69 Å². The first-order valence-corrected chi connectivity index (χ1v) is 4.72. The van der Waals surface area contributed by atoms with E-state index in [9.17, 15) is 18.0 Å². The number of aliphatic imine (C=N–C) groups is 1. The van der Waals surface area contributed by atoms with Gasteiger partial charge in [0.05, 0.1) is 11.8 Å². The molecule has 0 aliphatic rings. The molecule has 0 bridgehead atoms. The third-order valence-electron chi connectivity index (χ3n) is 2.19. The first-order chi connectivity index (χ1) is 8.52. The van der Waals surface area contributed by atoms with Crippen molar-refractivity contribution >= 4 is 11.8 Å². The van der Waals surface area contributed by atoms with Gasteiger partial charge in [-0.05, 0) is 12.1 Å². The number of alkyl halides is 3. The number of hydrogen-bond acceptors (Lipinski definition) is 4. The number of halogens is 3. The molecule has 0 atom stereocenters. The maximum atomic E-state index is 12.4. The second-order valence-electron chi connectivity index (χ2n) is 3.32. The Morgan fingerprint density at radius 2 is 1.89 bits per heavy atom. The maximum Gasteiger partial charge on any atom is 0.416 e. The normalized spacial score (nSPS) is 11.1. The van der Waals surface area contributed by atoms with Crippen molar-refractivity contribution in [3.63, 3.8) is 0 Å². The molecule has 4 nitrogen and oxygen atoms in total. The second kappa shape index (κ2) is 4.46. The van der Waals surface area contributed by atoms with Crippen LogP contribution in [0.3, 0.4) is 0 Å². The van der Waals surface area contributed by atoms with Crippen LogP contribution >= 0.6 is 0 Å². The Balaban J connectivity index is 2.40. The molecule has 1 aromatic carbocycles. The summed E-state index contributed by atoms with van der Waals surface area (Å²) in [6, 6.07) is 4.25. The van der Waals surface area contributed by atoms with Crippen LogP contribution in [-0.2, 0) is 11.0 Å². The maximum absolute atomic E-state index is 12.4. The highest BCUT2D eigenvalue weighted by Gasteiger charge is 2.30. The predicted octanol–water partition coefficient (Wildman–Crippen LogP) is 3.33. The van der Waals surface area contributed by atoms with Crippen molar-refractivity contribution in [2.45, 2.75) is 6.18 Å². The standard InChI is InChI=1S/C11H5F3N2O2/c12-11(13,14)8-3-1-7(2-4-8)10-9(15-6-17)5-16-18-10/h1-5H. The van der Waals surface area contributed by atoms with Crippen molar-refractivity contribution < 1.29 is 22.5 Å². The Kier molecular flexibility index (Phi) is 2.99. The van der Waals surface area contributed by atoms with E-state index in [0.717, 1.165) is 12.1 Å². The van der Waals surface area contributed by atoms with Gasteiger partial charge in [-0.15, -0.1) is 0 Å². The molecule has 0 unspecified atom stereocenters. The zero-order chi connectivity index (χ0) is 13.2. The summed E-state index contributed by atoms with van der Waals surface area (Å²) in [5, 5.41) is 3.42. The summed E-state index contributed by atoms with van der Waals surface area (Å²) in [5.74, 6) is 0.118. The SMILES string of the molecule is O=C=Nc1cnoc1-c1ccc(C(F)(F)F)cc1. The highest BCUT2D eigenvalue weighted by atomic mass is 19.4. The molecule has 0 amide bonds. The Bertz CT molecular complexity index is 595. The zero-order valence-corrected chi connectivity index (χ0v) is 8.73. The van der Waals surface area contributed by atoms with Crippen molar-refractivity contribution in [3.05, 3.63) is 36.0 Å². The fourth-order valence-corrected chi connectivity index (χ4v) is 1.37. The molecule has 1 aromatic heterocycles. The van der Waals surface area contributed by atoms with Gasteiger partial charge < -0.3 is 4.52 Å². The van der Waals surface area contributed by atoms with Crippen LogP contribution in [0.1, 0.15) is 5.56 Å². The average molecular weight is 254 g/mol. The number of rotatable bonds is 2. The van der Waals surface area contributed by atoms with Crippen LogP contribution < -0.4 is 0 Å². The van der Waals surface area contributed by atoms with E-state index < -0.39 is 11.7 Å². The van der Waals surface area contributed by atoms with E-state index in [-0.39, 0.29) is 11.4 Å². The van der Waals surface area contributed by atoms with Crippen molar-refractivity contribution in [1.82, 2.24) is 5.16 Å². The quantitative estimate of drug-likeness (QED) is 0.610. The summed E-state index contributed by atoms with van der Waals surface area (Å²) >= 11 is 0. The van der Waals surface area contributed by atoms with Crippen LogP contribution in [0.4, 0.5) is 18.9 Å². The van der Waals surface area contributed by atoms with Crippen LogP contribution in [0.25, 0.3) is 11.3 Å². The Morgan fingerprint density at radius 3 is 2.44 bits per heavy atom. The minimum atomic E-state index is -4.40. The smallest absolute Gasteiger partial charge is 0.354 e. The molecule has 18 heavy (non-hydrogen) atoms. The fourth-order valence-electron chi connectivity index (χ4n) is 1.37. The summed E-state index contributed by atoms with van der Waals surface area (Å²) < 4.78 is 41.9. The molecule has 2 aromatic rings. The van der Waals surface area contributed by atoms with E-state index in [1.54, 1.807) is 0 Å². The number of hydrogen-bond donors (Lipinski definition) is 0. The molecular formula is C11H5F3N2O2. The molecule has 0 spiro atoms. The summed E-state index contributed by atoms with van der Waals surface area (Å²) in [5.41, 5.74) is -0.314. The summed E-state index contributed by atoms with van der Waals surface area (Å²) in [7, 11) is 0. The van der Waals surface area contributed by atoms with Crippen LogP contribution in [0.5, 0.6) is 0 Å². The lowest BCUT2D eigenvalue weighted by Crippen LogP contribution is -2.03. The molecule has 0 fully saturated rings. The number of aromatic nitrogens is 1. The molecule has 0 radical (unpaired) electrons. The van der Waals surface area contributed by atoms with Crippen LogP contribution in [0.2, 0.25) is 0 Å². The lowest BCUT2D eigenvalue weighted by molar-refractivity contribution is -0.137. The minimum absolute atomic E-state index is 0.116. The lowest BCUT2D eigenvalue weighted by Gasteiger charge is -2.06. The largest absolute Gasteiger partial charge is 0.416 e. The Hall–Kier alpha value is -2.40. The third-order valence-corrected chi connectivity index (χ3v) is 2.19. The summed E-state index contributed by atoms with van der Waals surface area (Å²) in [6.45, 7) is 0. The van der Waals surface area contributed by atoms with Crippen molar-refractivity contribution in [2.24, 2.45) is 4.99 Å². The van der Waals surface area contributed by atoms with Gasteiger partial charge in [0.2, 0.25) is 6.08 Å². The molecule has 1 heterocycles. The topological polar surface area (TPSA) is 55.5 Å². The first kappa shape index (κ1) is 12.1. The number of isocyanates is 1. The number of nitrogens with zero attached hydrogens (tertiary/aromatic N) is 2. The Labute approximate surface area is 98.7 Å². The molecule has 0 N–H and O–H groups in total. The van der Waals surface area contributed by atoms with E-state index >= 15 is 0 Å². The molecule has 7 heteroatoms. The lowest BCUT2D eigenvalue weighted by atomic mass is 10.1. The van der Waals surface area contributed by atoms with Crippen LogP contribution in [-0.4, -0.2) is 11.2 Å². The highest BCUT2D eigenvalue weighted by Crippen LogP contribution is 2.33. The fraction of sp³-hybridized carbons (Fsp3) is 0.0909. The van der Waals surface area contributed by atoms with Gasteiger partial charge in [0, 0.05) is 5.56 Å². The predicted molar refractivity (Wildman–Crippen MR) is 54.7 cm³/mol.